The Morgan fingerprint density at radius 2 is 2.47 bits per heavy atom. The van der Waals surface area contributed by atoms with Gasteiger partial charge in [0.25, 0.3) is 5.56 Å². The molecule has 1 heterocycles. The largest absolute Gasteiger partial charge is 0.365 e. The normalized spacial score (nSPS) is 10.2. The predicted octanol–water partition coefficient (Wildman–Crippen LogP) is 1.98. The Labute approximate surface area is 106 Å². The highest BCUT2D eigenvalue weighted by atomic mass is 32.2. The van der Waals surface area contributed by atoms with Crippen LogP contribution in [0.25, 0.3) is 0 Å². The number of thioether (sulfide) groups is 1. The Hall–Kier alpha value is -1.23. The van der Waals surface area contributed by atoms with Crippen molar-refractivity contribution in [1.29, 1.82) is 0 Å². The van der Waals surface area contributed by atoms with Crippen LogP contribution in [-0.4, -0.2) is 27.6 Å². The van der Waals surface area contributed by atoms with Gasteiger partial charge in [-0.3, -0.25) is 4.79 Å². The lowest BCUT2D eigenvalue weighted by Gasteiger charge is -2.07. The summed E-state index contributed by atoms with van der Waals surface area (Å²) in [5.74, 6) is 2.32. The topological polar surface area (TPSA) is 46.9 Å². The van der Waals surface area contributed by atoms with Gasteiger partial charge in [0.1, 0.15) is 0 Å². The van der Waals surface area contributed by atoms with Gasteiger partial charge < -0.3 is 9.88 Å². The van der Waals surface area contributed by atoms with Crippen LogP contribution < -0.4 is 10.9 Å². The molecule has 0 atom stereocenters. The fourth-order valence-corrected chi connectivity index (χ4v) is 1.97. The van der Waals surface area contributed by atoms with Crippen molar-refractivity contribution in [2.75, 3.05) is 23.4 Å². The fourth-order valence-electron chi connectivity index (χ4n) is 1.39. The molecule has 0 unspecified atom stereocenters. The first-order valence-electron chi connectivity index (χ1n) is 5.77. The van der Waals surface area contributed by atoms with E-state index in [0.717, 1.165) is 31.0 Å². The first-order chi connectivity index (χ1) is 8.29. The number of hydrogen-bond donors (Lipinski definition) is 1. The van der Waals surface area contributed by atoms with Crippen molar-refractivity contribution < 1.29 is 0 Å². The summed E-state index contributed by atoms with van der Waals surface area (Å²) in [4.78, 5) is 16.0. The average molecular weight is 253 g/mol. The molecular weight excluding hydrogens is 234 g/mol. The highest BCUT2D eigenvalue weighted by Crippen LogP contribution is 2.00. The molecule has 0 fully saturated rings. The molecule has 0 radical (unpaired) electrons. The van der Waals surface area contributed by atoms with E-state index in [1.165, 1.54) is 0 Å². The third-order valence-electron chi connectivity index (χ3n) is 2.15. The summed E-state index contributed by atoms with van der Waals surface area (Å²) in [6.45, 7) is 7.19. The van der Waals surface area contributed by atoms with Crippen molar-refractivity contribution >= 4 is 17.6 Å². The number of aryl methyl sites for hydroxylation is 1. The van der Waals surface area contributed by atoms with Gasteiger partial charge in [0.2, 0.25) is 0 Å². The number of nitrogens with one attached hydrogen (secondary N) is 1. The van der Waals surface area contributed by atoms with Crippen LogP contribution in [0.4, 0.5) is 5.82 Å². The molecule has 17 heavy (non-hydrogen) atoms. The SMILES string of the molecule is C=CCSCCNc1nccn(CCC)c1=O. The summed E-state index contributed by atoms with van der Waals surface area (Å²) in [7, 11) is 0. The van der Waals surface area contributed by atoms with Crippen LogP contribution in [0, 0.1) is 0 Å². The lowest BCUT2D eigenvalue weighted by atomic mass is 10.4. The number of anilines is 1. The van der Waals surface area contributed by atoms with Crippen molar-refractivity contribution in [3.63, 3.8) is 0 Å². The molecule has 0 saturated heterocycles. The van der Waals surface area contributed by atoms with E-state index in [4.69, 9.17) is 0 Å². The van der Waals surface area contributed by atoms with Crippen LogP contribution in [0.15, 0.2) is 29.8 Å². The summed E-state index contributed by atoms with van der Waals surface area (Å²) in [5.41, 5.74) is -0.0388. The molecule has 0 saturated carbocycles. The minimum absolute atomic E-state index is 0.0388. The lowest BCUT2D eigenvalue weighted by molar-refractivity contribution is 0.649. The van der Waals surface area contributed by atoms with E-state index in [1.807, 2.05) is 13.0 Å². The summed E-state index contributed by atoms with van der Waals surface area (Å²) in [6, 6.07) is 0. The van der Waals surface area contributed by atoms with Gasteiger partial charge in [0.15, 0.2) is 5.82 Å². The second-order valence-corrected chi connectivity index (χ2v) is 4.71. The Kier molecular flexibility index (Phi) is 6.47. The van der Waals surface area contributed by atoms with Crippen molar-refractivity contribution in [2.24, 2.45) is 0 Å². The van der Waals surface area contributed by atoms with Crippen LogP contribution in [0.1, 0.15) is 13.3 Å². The highest BCUT2D eigenvalue weighted by Gasteiger charge is 2.02. The lowest BCUT2D eigenvalue weighted by Crippen LogP contribution is -2.25. The molecule has 94 valence electrons. The third-order valence-corrected chi connectivity index (χ3v) is 3.12. The number of aromatic nitrogens is 2. The Morgan fingerprint density at radius 1 is 1.65 bits per heavy atom. The molecule has 1 N–H and O–H groups in total. The fraction of sp³-hybridized carbons (Fsp3) is 0.500. The Bertz CT molecular complexity index is 403. The molecule has 0 aliphatic carbocycles. The molecule has 0 amide bonds. The molecule has 0 aromatic carbocycles. The summed E-state index contributed by atoms with van der Waals surface area (Å²) in [5, 5.41) is 3.07. The van der Waals surface area contributed by atoms with E-state index in [2.05, 4.69) is 16.9 Å². The van der Waals surface area contributed by atoms with Gasteiger partial charge >= 0.3 is 0 Å². The Balaban J connectivity index is 2.50. The van der Waals surface area contributed by atoms with E-state index in [9.17, 15) is 4.79 Å². The molecule has 1 rings (SSSR count). The predicted molar refractivity (Wildman–Crippen MR) is 74.8 cm³/mol. The zero-order chi connectivity index (χ0) is 12.5. The van der Waals surface area contributed by atoms with Crippen LogP contribution in [0.2, 0.25) is 0 Å². The minimum Gasteiger partial charge on any atom is -0.365 e. The van der Waals surface area contributed by atoms with Crippen LogP contribution in [-0.2, 0) is 6.54 Å². The summed E-state index contributed by atoms with van der Waals surface area (Å²) >= 11 is 1.78. The molecular formula is C12H19N3OS. The van der Waals surface area contributed by atoms with Gasteiger partial charge in [-0.15, -0.1) is 6.58 Å². The van der Waals surface area contributed by atoms with Crippen LogP contribution in [0.5, 0.6) is 0 Å². The van der Waals surface area contributed by atoms with Crippen molar-refractivity contribution in [3.8, 4) is 0 Å². The van der Waals surface area contributed by atoms with E-state index in [0.29, 0.717) is 5.82 Å². The first-order valence-corrected chi connectivity index (χ1v) is 6.93. The zero-order valence-corrected chi connectivity index (χ0v) is 11.0. The maximum absolute atomic E-state index is 11.9. The second kappa shape index (κ2) is 7.95. The van der Waals surface area contributed by atoms with Gasteiger partial charge in [0, 0.05) is 37.0 Å². The molecule has 0 spiro atoms. The van der Waals surface area contributed by atoms with Gasteiger partial charge in [-0.1, -0.05) is 13.0 Å². The standard InChI is InChI=1S/C12H19N3OS/c1-3-7-15-8-5-13-11(12(15)16)14-6-10-17-9-4-2/h4-5,8H,2-3,6-7,9-10H2,1H3,(H,13,14). The van der Waals surface area contributed by atoms with E-state index in [1.54, 1.807) is 28.7 Å². The maximum atomic E-state index is 11.9. The minimum atomic E-state index is -0.0388. The molecule has 1 aromatic rings. The van der Waals surface area contributed by atoms with Gasteiger partial charge in [-0.05, 0) is 6.42 Å². The summed E-state index contributed by atoms with van der Waals surface area (Å²) in [6.07, 6.45) is 6.21. The second-order valence-electron chi connectivity index (χ2n) is 3.56. The average Bonchev–Trinajstić information content (AvgIpc) is 2.33. The first kappa shape index (κ1) is 13.8. The zero-order valence-electron chi connectivity index (χ0n) is 10.2. The van der Waals surface area contributed by atoms with Gasteiger partial charge in [-0.2, -0.15) is 11.8 Å². The third kappa shape index (κ3) is 4.65. The van der Waals surface area contributed by atoms with Crippen molar-refractivity contribution in [1.82, 2.24) is 9.55 Å². The van der Waals surface area contributed by atoms with E-state index >= 15 is 0 Å². The maximum Gasteiger partial charge on any atom is 0.293 e. The molecule has 5 heteroatoms. The molecule has 0 aliphatic heterocycles. The van der Waals surface area contributed by atoms with E-state index < -0.39 is 0 Å². The van der Waals surface area contributed by atoms with E-state index in [-0.39, 0.29) is 5.56 Å². The van der Waals surface area contributed by atoms with Crippen LogP contribution in [0.3, 0.4) is 0 Å². The smallest absolute Gasteiger partial charge is 0.293 e. The number of nitrogens with zero attached hydrogens (tertiary/aromatic N) is 2. The highest BCUT2D eigenvalue weighted by molar-refractivity contribution is 7.99. The Morgan fingerprint density at radius 3 is 3.18 bits per heavy atom. The quantitative estimate of drug-likeness (QED) is 0.568. The summed E-state index contributed by atoms with van der Waals surface area (Å²) < 4.78 is 1.69. The molecule has 4 nitrogen and oxygen atoms in total. The van der Waals surface area contributed by atoms with Crippen molar-refractivity contribution in [2.45, 2.75) is 19.9 Å². The molecule has 0 bridgehead atoms. The van der Waals surface area contributed by atoms with Gasteiger partial charge in [-0.25, -0.2) is 4.98 Å². The molecule has 1 aromatic heterocycles. The number of hydrogen-bond acceptors (Lipinski definition) is 4. The van der Waals surface area contributed by atoms with Crippen molar-refractivity contribution in [3.05, 3.63) is 35.4 Å². The monoisotopic (exact) mass is 253 g/mol. The molecule has 0 aliphatic rings. The van der Waals surface area contributed by atoms with Gasteiger partial charge in [0.05, 0.1) is 0 Å². The number of rotatable bonds is 8. The van der Waals surface area contributed by atoms with Crippen LogP contribution >= 0.6 is 11.8 Å².